The van der Waals surface area contributed by atoms with Gasteiger partial charge in [0.1, 0.15) is 6.33 Å². The average molecular weight is 263 g/mol. The minimum Gasteiger partial charge on any atom is -0.326 e. The molecule has 0 aliphatic carbocycles. The van der Waals surface area contributed by atoms with Gasteiger partial charge in [-0.3, -0.25) is 4.98 Å². The van der Waals surface area contributed by atoms with Gasteiger partial charge in [-0.15, -0.1) is 10.2 Å². The molecule has 2 unspecified atom stereocenters. The van der Waals surface area contributed by atoms with Gasteiger partial charge in [0.2, 0.25) is 0 Å². The van der Waals surface area contributed by atoms with E-state index in [2.05, 4.69) is 28.2 Å². The lowest BCUT2D eigenvalue weighted by Gasteiger charge is -2.21. The van der Waals surface area contributed by atoms with Crippen molar-refractivity contribution < 1.29 is 0 Å². The van der Waals surface area contributed by atoms with Crippen molar-refractivity contribution in [2.75, 3.05) is 0 Å². The predicted molar refractivity (Wildman–Crippen MR) is 72.1 cm³/mol. The maximum absolute atomic E-state index is 6.21. The first-order chi connectivity index (χ1) is 8.72. The van der Waals surface area contributed by atoms with Crippen LogP contribution in [0.1, 0.15) is 24.2 Å². The van der Waals surface area contributed by atoms with Crippen LogP contribution in [-0.4, -0.2) is 25.8 Å². The van der Waals surface area contributed by atoms with Crippen molar-refractivity contribution in [3.8, 4) is 0 Å². The second-order valence-electron chi connectivity index (χ2n) is 4.12. The summed E-state index contributed by atoms with van der Waals surface area (Å²) in [4.78, 5) is 4.16. The molecule has 18 heavy (non-hydrogen) atoms. The van der Waals surface area contributed by atoms with Crippen LogP contribution in [0.4, 0.5) is 0 Å². The summed E-state index contributed by atoms with van der Waals surface area (Å²) in [7, 11) is 1.93. The summed E-state index contributed by atoms with van der Waals surface area (Å²) in [5.74, 6) is 0. The van der Waals surface area contributed by atoms with E-state index in [1.54, 1.807) is 24.3 Å². The highest BCUT2D eigenvalue weighted by atomic mass is 32.2. The molecular formula is C12H17N5S. The number of pyridine rings is 1. The molecule has 2 aromatic rings. The van der Waals surface area contributed by atoms with Crippen molar-refractivity contribution in [1.82, 2.24) is 19.7 Å². The van der Waals surface area contributed by atoms with Crippen LogP contribution in [-0.2, 0) is 7.05 Å². The van der Waals surface area contributed by atoms with E-state index in [1.807, 2.05) is 23.9 Å². The molecule has 0 saturated carbocycles. The molecule has 5 nitrogen and oxygen atoms in total. The Kier molecular flexibility index (Phi) is 4.33. The summed E-state index contributed by atoms with van der Waals surface area (Å²) in [5.41, 5.74) is 7.33. The summed E-state index contributed by atoms with van der Waals surface area (Å²) in [6.45, 7) is 2.09. The number of rotatable bonds is 5. The Balaban J connectivity index is 2.24. The van der Waals surface area contributed by atoms with Crippen LogP contribution in [0.25, 0.3) is 0 Å². The molecule has 2 aromatic heterocycles. The average Bonchev–Trinajstić information content (AvgIpc) is 2.81. The molecule has 0 aromatic carbocycles. The molecule has 0 amide bonds. The number of nitrogens with zero attached hydrogens (tertiary/aromatic N) is 4. The molecule has 0 aliphatic rings. The quantitative estimate of drug-likeness (QED) is 0.833. The Hall–Kier alpha value is -1.40. The lowest BCUT2D eigenvalue weighted by Crippen LogP contribution is -2.26. The monoisotopic (exact) mass is 263 g/mol. The molecule has 2 N–H and O–H groups in total. The van der Waals surface area contributed by atoms with Gasteiger partial charge in [0.25, 0.3) is 0 Å². The Morgan fingerprint density at radius 2 is 2.33 bits per heavy atom. The van der Waals surface area contributed by atoms with Gasteiger partial charge in [-0.05, 0) is 18.1 Å². The highest BCUT2D eigenvalue weighted by Crippen LogP contribution is 2.36. The molecule has 2 rings (SSSR count). The van der Waals surface area contributed by atoms with Gasteiger partial charge in [0.05, 0.1) is 5.25 Å². The van der Waals surface area contributed by atoms with Gasteiger partial charge in [0.15, 0.2) is 5.16 Å². The van der Waals surface area contributed by atoms with Crippen molar-refractivity contribution in [3.05, 3.63) is 36.4 Å². The number of nitrogens with two attached hydrogens (primary N) is 1. The zero-order valence-corrected chi connectivity index (χ0v) is 11.3. The molecule has 96 valence electrons. The molecule has 2 atom stereocenters. The third-order valence-electron chi connectivity index (χ3n) is 2.78. The smallest absolute Gasteiger partial charge is 0.191 e. The highest BCUT2D eigenvalue weighted by molar-refractivity contribution is 7.99. The van der Waals surface area contributed by atoms with E-state index in [1.165, 1.54) is 0 Å². The van der Waals surface area contributed by atoms with Crippen molar-refractivity contribution in [1.29, 1.82) is 0 Å². The zero-order valence-electron chi connectivity index (χ0n) is 10.5. The van der Waals surface area contributed by atoms with Crippen LogP contribution in [0.3, 0.4) is 0 Å². The van der Waals surface area contributed by atoms with Crippen molar-refractivity contribution in [2.24, 2.45) is 12.8 Å². The van der Waals surface area contributed by atoms with Gasteiger partial charge in [0, 0.05) is 25.5 Å². The van der Waals surface area contributed by atoms with Crippen molar-refractivity contribution in [3.63, 3.8) is 0 Å². The fraction of sp³-hybridized carbons (Fsp3) is 0.417. The van der Waals surface area contributed by atoms with Gasteiger partial charge in [-0.2, -0.15) is 0 Å². The molecule has 0 radical (unpaired) electrons. The molecule has 0 fully saturated rings. The highest BCUT2D eigenvalue weighted by Gasteiger charge is 2.22. The molecular weight excluding hydrogens is 246 g/mol. The Morgan fingerprint density at radius 3 is 2.89 bits per heavy atom. The molecule has 2 heterocycles. The largest absolute Gasteiger partial charge is 0.326 e. The second kappa shape index (κ2) is 5.97. The molecule has 0 spiro atoms. The minimum atomic E-state index is 0.0656. The van der Waals surface area contributed by atoms with Crippen LogP contribution in [0.2, 0.25) is 0 Å². The van der Waals surface area contributed by atoms with Gasteiger partial charge < -0.3 is 10.3 Å². The second-order valence-corrected chi connectivity index (χ2v) is 5.23. The Labute approximate surface area is 111 Å². The molecule has 0 bridgehead atoms. The van der Waals surface area contributed by atoms with E-state index in [0.717, 1.165) is 17.1 Å². The van der Waals surface area contributed by atoms with E-state index in [0.29, 0.717) is 0 Å². The molecule has 0 aliphatic heterocycles. The molecule has 0 saturated heterocycles. The van der Waals surface area contributed by atoms with Crippen molar-refractivity contribution >= 4 is 11.8 Å². The summed E-state index contributed by atoms with van der Waals surface area (Å²) in [6.07, 6.45) is 6.24. The predicted octanol–water partition coefficient (Wildman–Crippen LogP) is 1.78. The normalized spacial score (nSPS) is 14.4. The first-order valence-corrected chi connectivity index (χ1v) is 6.76. The maximum atomic E-state index is 6.21. The third kappa shape index (κ3) is 2.88. The van der Waals surface area contributed by atoms with Gasteiger partial charge in [-0.25, -0.2) is 0 Å². The Morgan fingerprint density at radius 1 is 1.50 bits per heavy atom. The van der Waals surface area contributed by atoms with E-state index in [4.69, 9.17) is 5.73 Å². The third-order valence-corrected chi connectivity index (χ3v) is 4.23. The summed E-state index contributed by atoms with van der Waals surface area (Å²) < 4.78 is 1.90. The van der Waals surface area contributed by atoms with Crippen LogP contribution in [0.5, 0.6) is 0 Å². The van der Waals surface area contributed by atoms with Crippen LogP contribution in [0.15, 0.2) is 36.0 Å². The first-order valence-electron chi connectivity index (χ1n) is 5.88. The van der Waals surface area contributed by atoms with Crippen LogP contribution < -0.4 is 5.73 Å². The SMILES string of the molecule is CCC(N)C(Sc1nncn1C)c1cccnc1. The standard InChI is InChI=1S/C12H17N5S/c1-3-10(13)11(9-5-4-6-14-7-9)18-12-16-15-8-17(12)2/h4-8,10-11H,3,13H2,1-2H3. The van der Waals surface area contributed by atoms with Crippen molar-refractivity contribution in [2.45, 2.75) is 29.8 Å². The number of aryl methyl sites for hydroxylation is 1. The lowest BCUT2D eigenvalue weighted by atomic mass is 10.1. The van der Waals surface area contributed by atoms with E-state index in [-0.39, 0.29) is 11.3 Å². The van der Waals surface area contributed by atoms with Gasteiger partial charge in [-0.1, -0.05) is 24.8 Å². The number of hydrogen-bond acceptors (Lipinski definition) is 5. The molecule has 6 heteroatoms. The van der Waals surface area contributed by atoms with Crippen LogP contribution >= 0.6 is 11.8 Å². The fourth-order valence-corrected chi connectivity index (χ4v) is 2.83. The lowest BCUT2D eigenvalue weighted by molar-refractivity contribution is 0.629. The first kappa shape index (κ1) is 13.0. The van der Waals surface area contributed by atoms with Crippen LogP contribution in [0, 0.1) is 0 Å². The number of thioether (sulfide) groups is 1. The minimum absolute atomic E-state index is 0.0656. The topological polar surface area (TPSA) is 69.6 Å². The summed E-state index contributed by atoms with van der Waals surface area (Å²) >= 11 is 1.63. The zero-order chi connectivity index (χ0) is 13.0. The Bertz CT molecular complexity index is 484. The number of hydrogen-bond donors (Lipinski definition) is 1. The maximum Gasteiger partial charge on any atom is 0.191 e. The van der Waals surface area contributed by atoms with Gasteiger partial charge >= 0.3 is 0 Å². The fourth-order valence-electron chi connectivity index (χ4n) is 1.65. The summed E-state index contributed by atoms with van der Waals surface area (Å²) in [6, 6.07) is 4.05. The summed E-state index contributed by atoms with van der Waals surface area (Å²) in [5, 5.41) is 9.00. The number of aromatic nitrogens is 4. The van der Waals surface area contributed by atoms with E-state index < -0.39 is 0 Å². The van der Waals surface area contributed by atoms with E-state index >= 15 is 0 Å². The van der Waals surface area contributed by atoms with E-state index in [9.17, 15) is 0 Å².